The predicted octanol–water partition coefficient (Wildman–Crippen LogP) is 4.78. The highest BCUT2D eigenvalue weighted by Gasteiger charge is 2.16. The molecule has 0 amide bonds. The minimum Gasteiger partial charge on any atom is -0.283 e. The zero-order chi connectivity index (χ0) is 17.0. The third-order valence-electron chi connectivity index (χ3n) is 4.16. The molecule has 0 aliphatic rings. The first-order chi connectivity index (χ1) is 12.3. The summed E-state index contributed by atoms with van der Waals surface area (Å²) < 4.78 is 4.00. The van der Waals surface area contributed by atoms with E-state index in [-0.39, 0.29) is 0 Å². The van der Waals surface area contributed by atoms with Gasteiger partial charge in [0.2, 0.25) is 0 Å². The first-order valence-corrected chi connectivity index (χ1v) is 9.27. The Labute approximate surface area is 150 Å². The van der Waals surface area contributed by atoms with E-state index in [9.17, 15) is 5.26 Å². The van der Waals surface area contributed by atoms with E-state index >= 15 is 0 Å². The summed E-state index contributed by atoms with van der Waals surface area (Å²) in [5, 5.41) is 19.1. The Kier molecular flexibility index (Phi) is 3.01. The SMILES string of the molecule is N#Cc1cc(-c2nc3ccccc3s2)c(=N)n2c1sc1ccccc12. The van der Waals surface area contributed by atoms with Crippen LogP contribution in [0, 0.1) is 16.7 Å². The number of benzene rings is 2. The molecule has 6 heteroatoms. The lowest BCUT2D eigenvalue weighted by molar-refractivity contribution is 1.05. The number of thiazole rings is 2. The number of nitrogens with zero attached hydrogens (tertiary/aromatic N) is 3. The quantitative estimate of drug-likeness (QED) is 0.468. The topological polar surface area (TPSA) is 64.9 Å². The van der Waals surface area contributed by atoms with Crippen LogP contribution in [0.25, 0.3) is 35.8 Å². The second kappa shape index (κ2) is 5.24. The van der Waals surface area contributed by atoms with Crippen LogP contribution < -0.4 is 5.49 Å². The third kappa shape index (κ3) is 2.03. The van der Waals surface area contributed by atoms with E-state index in [4.69, 9.17) is 5.41 Å². The molecule has 2 aromatic carbocycles. The molecule has 0 saturated carbocycles. The minimum atomic E-state index is 0.366. The van der Waals surface area contributed by atoms with Gasteiger partial charge in [0.25, 0.3) is 0 Å². The van der Waals surface area contributed by atoms with E-state index in [0.29, 0.717) is 16.6 Å². The zero-order valence-corrected chi connectivity index (χ0v) is 14.5. The fraction of sp³-hybridized carbons (Fsp3) is 0. The average Bonchev–Trinajstić information content (AvgIpc) is 3.23. The molecule has 0 aliphatic heterocycles. The van der Waals surface area contributed by atoms with Crippen molar-refractivity contribution in [1.29, 1.82) is 10.7 Å². The molecule has 0 fully saturated rings. The van der Waals surface area contributed by atoms with Gasteiger partial charge >= 0.3 is 0 Å². The van der Waals surface area contributed by atoms with Crippen LogP contribution in [0.15, 0.2) is 54.6 Å². The minimum absolute atomic E-state index is 0.366. The molecule has 1 N–H and O–H groups in total. The smallest absolute Gasteiger partial charge is 0.141 e. The van der Waals surface area contributed by atoms with Gasteiger partial charge in [0.1, 0.15) is 21.4 Å². The second-order valence-corrected chi connectivity index (χ2v) is 7.69. The normalized spacial score (nSPS) is 11.3. The number of rotatable bonds is 1. The van der Waals surface area contributed by atoms with Gasteiger partial charge in [-0.2, -0.15) is 5.26 Å². The first kappa shape index (κ1) is 14.3. The highest BCUT2D eigenvalue weighted by molar-refractivity contribution is 7.24. The number of hydrogen-bond acceptors (Lipinski definition) is 5. The maximum absolute atomic E-state index is 9.63. The van der Waals surface area contributed by atoms with Crippen molar-refractivity contribution < 1.29 is 0 Å². The molecule has 4 nitrogen and oxygen atoms in total. The number of fused-ring (bicyclic) bond motifs is 4. The van der Waals surface area contributed by atoms with Crippen molar-refractivity contribution in [2.75, 3.05) is 0 Å². The van der Waals surface area contributed by atoms with Crippen molar-refractivity contribution in [2.45, 2.75) is 0 Å². The number of hydrogen-bond donors (Lipinski definition) is 1. The molecule has 0 unspecified atom stereocenters. The van der Waals surface area contributed by atoms with Crippen molar-refractivity contribution in [3.8, 4) is 16.6 Å². The number of aromatic nitrogens is 2. The number of para-hydroxylation sites is 2. The van der Waals surface area contributed by atoms with Crippen LogP contribution in [-0.4, -0.2) is 9.38 Å². The molecular formula is C19H10N4S2. The summed E-state index contributed by atoms with van der Waals surface area (Å²) in [5.74, 6) is 0. The summed E-state index contributed by atoms with van der Waals surface area (Å²) in [4.78, 5) is 5.47. The zero-order valence-electron chi connectivity index (χ0n) is 12.9. The van der Waals surface area contributed by atoms with E-state index in [1.165, 1.54) is 11.3 Å². The lowest BCUT2D eigenvalue weighted by atomic mass is 10.2. The van der Waals surface area contributed by atoms with Gasteiger partial charge in [0.15, 0.2) is 0 Å². The van der Waals surface area contributed by atoms with Crippen LogP contribution in [0.5, 0.6) is 0 Å². The van der Waals surface area contributed by atoms with E-state index < -0.39 is 0 Å². The van der Waals surface area contributed by atoms with Gasteiger partial charge in [-0.25, -0.2) is 4.98 Å². The molecule has 0 atom stereocenters. The number of nitriles is 1. The molecule has 0 saturated heterocycles. The van der Waals surface area contributed by atoms with Crippen molar-refractivity contribution >= 4 is 47.9 Å². The highest BCUT2D eigenvalue weighted by Crippen LogP contribution is 2.32. The maximum atomic E-state index is 9.63. The van der Waals surface area contributed by atoms with Crippen LogP contribution in [0.2, 0.25) is 0 Å². The lowest BCUT2D eigenvalue weighted by Gasteiger charge is -2.03. The fourth-order valence-electron chi connectivity index (χ4n) is 3.01. The Morgan fingerprint density at radius 1 is 1.00 bits per heavy atom. The van der Waals surface area contributed by atoms with E-state index in [0.717, 1.165) is 30.3 Å². The van der Waals surface area contributed by atoms with E-state index in [1.54, 1.807) is 17.4 Å². The van der Waals surface area contributed by atoms with Crippen LogP contribution in [0.1, 0.15) is 5.56 Å². The standard InChI is InChI=1S/C19H10N4S2/c20-10-11-9-12(18-22-13-5-1-3-7-15(13)24-18)17(21)23-14-6-2-4-8-16(14)25-19(11)23/h1-9,21H. The maximum Gasteiger partial charge on any atom is 0.141 e. The summed E-state index contributed by atoms with van der Waals surface area (Å²) in [6.07, 6.45) is 0. The molecule has 3 heterocycles. The number of pyridine rings is 1. The Hall–Kier alpha value is -3.01. The predicted molar refractivity (Wildman–Crippen MR) is 102 cm³/mol. The molecule has 0 bridgehead atoms. The molecule has 25 heavy (non-hydrogen) atoms. The van der Waals surface area contributed by atoms with Gasteiger partial charge < -0.3 is 0 Å². The summed E-state index contributed by atoms with van der Waals surface area (Å²) in [7, 11) is 0. The average molecular weight is 358 g/mol. The van der Waals surface area contributed by atoms with E-state index in [2.05, 4.69) is 11.1 Å². The summed E-state index contributed by atoms with van der Waals surface area (Å²) in [5.41, 5.74) is 3.50. The van der Waals surface area contributed by atoms with Gasteiger partial charge in [-0.15, -0.1) is 22.7 Å². The van der Waals surface area contributed by atoms with Gasteiger partial charge in [0, 0.05) is 0 Å². The summed E-state index contributed by atoms with van der Waals surface area (Å²) >= 11 is 3.09. The number of nitrogens with one attached hydrogen (secondary N) is 1. The molecule has 5 aromatic rings. The van der Waals surface area contributed by atoms with Crippen LogP contribution in [0.3, 0.4) is 0 Å². The Morgan fingerprint density at radius 2 is 1.76 bits per heavy atom. The van der Waals surface area contributed by atoms with Crippen LogP contribution >= 0.6 is 22.7 Å². The first-order valence-electron chi connectivity index (χ1n) is 7.64. The van der Waals surface area contributed by atoms with Gasteiger partial charge in [-0.05, 0) is 30.3 Å². The van der Waals surface area contributed by atoms with Gasteiger partial charge in [-0.3, -0.25) is 9.81 Å². The van der Waals surface area contributed by atoms with Crippen molar-refractivity contribution in [3.63, 3.8) is 0 Å². The van der Waals surface area contributed by atoms with Crippen molar-refractivity contribution in [3.05, 3.63) is 65.6 Å². The van der Waals surface area contributed by atoms with Gasteiger partial charge in [-0.1, -0.05) is 24.3 Å². The van der Waals surface area contributed by atoms with Crippen LogP contribution in [0.4, 0.5) is 0 Å². The molecule has 5 rings (SSSR count). The molecular weight excluding hydrogens is 348 g/mol. The second-order valence-electron chi connectivity index (χ2n) is 5.63. The summed E-state index contributed by atoms with van der Waals surface area (Å²) in [6.45, 7) is 0. The molecule has 0 aliphatic carbocycles. The van der Waals surface area contributed by atoms with Gasteiger partial charge in [0.05, 0.1) is 31.6 Å². The van der Waals surface area contributed by atoms with Crippen LogP contribution in [-0.2, 0) is 0 Å². The monoisotopic (exact) mass is 358 g/mol. The van der Waals surface area contributed by atoms with E-state index in [1.807, 2.05) is 52.9 Å². The van der Waals surface area contributed by atoms with Crippen molar-refractivity contribution in [1.82, 2.24) is 9.38 Å². The highest BCUT2D eigenvalue weighted by atomic mass is 32.1. The Balaban J connectivity index is 1.93. The largest absolute Gasteiger partial charge is 0.283 e. The third-order valence-corrected chi connectivity index (χ3v) is 6.39. The Morgan fingerprint density at radius 3 is 2.56 bits per heavy atom. The molecule has 118 valence electrons. The lowest BCUT2D eigenvalue weighted by Crippen LogP contribution is -2.15. The van der Waals surface area contributed by atoms with Crippen molar-refractivity contribution in [2.24, 2.45) is 0 Å². The fourth-order valence-corrected chi connectivity index (χ4v) is 5.11. The molecule has 0 spiro atoms. The molecule has 0 radical (unpaired) electrons. The summed E-state index contributed by atoms with van der Waals surface area (Å²) in [6, 6.07) is 19.9. The molecule has 3 aromatic heterocycles. The Bertz CT molecular complexity index is 1350.